The lowest BCUT2D eigenvalue weighted by atomic mass is 9.69. The van der Waals surface area contributed by atoms with Crippen molar-refractivity contribution >= 4 is 29.0 Å². The Morgan fingerprint density at radius 1 is 1.10 bits per heavy atom. The molecule has 0 radical (unpaired) electrons. The van der Waals surface area contributed by atoms with Gasteiger partial charge in [-0.1, -0.05) is 49.7 Å². The second kappa shape index (κ2) is 7.59. The number of aryl methyl sites for hydroxylation is 1. The molecule has 5 heteroatoms. The van der Waals surface area contributed by atoms with Gasteiger partial charge in [-0.3, -0.25) is 14.5 Å². The van der Waals surface area contributed by atoms with Gasteiger partial charge < -0.3 is 4.74 Å². The number of hydrogen-bond acceptors (Lipinski definition) is 3. The van der Waals surface area contributed by atoms with Crippen LogP contribution < -0.4 is 9.64 Å². The van der Waals surface area contributed by atoms with Gasteiger partial charge in [0.25, 0.3) is 0 Å². The van der Waals surface area contributed by atoms with E-state index in [9.17, 15) is 9.59 Å². The van der Waals surface area contributed by atoms with Gasteiger partial charge in [-0.05, 0) is 42.5 Å². The van der Waals surface area contributed by atoms with Gasteiger partial charge in [0.15, 0.2) is 5.78 Å². The zero-order chi connectivity index (χ0) is 21.6. The summed E-state index contributed by atoms with van der Waals surface area (Å²) in [5, 5.41) is 0.568. The summed E-state index contributed by atoms with van der Waals surface area (Å²) in [7, 11) is 1.62. The van der Waals surface area contributed by atoms with Crippen LogP contribution in [0.2, 0.25) is 5.02 Å². The Morgan fingerprint density at radius 3 is 2.57 bits per heavy atom. The van der Waals surface area contributed by atoms with Crippen LogP contribution in [0.5, 0.6) is 5.75 Å². The van der Waals surface area contributed by atoms with Gasteiger partial charge in [-0.25, -0.2) is 0 Å². The van der Waals surface area contributed by atoms with Crippen LogP contribution in [0.15, 0.2) is 53.7 Å². The van der Waals surface area contributed by atoms with Gasteiger partial charge >= 0.3 is 0 Å². The molecule has 4 rings (SSSR count). The number of methoxy groups -OCH3 is 1. The van der Waals surface area contributed by atoms with Gasteiger partial charge in [-0.2, -0.15) is 0 Å². The fourth-order valence-corrected chi connectivity index (χ4v) is 4.90. The fraction of sp³-hybridized carbons (Fsp3) is 0.360. The summed E-state index contributed by atoms with van der Waals surface area (Å²) in [5.41, 5.74) is 3.90. The second-order valence-corrected chi connectivity index (χ2v) is 9.40. The first-order valence-corrected chi connectivity index (χ1v) is 10.6. The highest BCUT2D eigenvalue weighted by molar-refractivity contribution is 6.31. The first-order valence-electron chi connectivity index (χ1n) is 10.2. The molecule has 0 bridgehead atoms. The largest absolute Gasteiger partial charge is 0.496 e. The molecule has 1 atom stereocenters. The lowest BCUT2D eigenvalue weighted by Crippen LogP contribution is -2.44. The van der Waals surface area contributed by atoms with Crippen LogP contribution in [-0.2, 0) is 9.59 Å². The van der Waals surface area contributed by atoms with E-state index in [0.29, 0.717) is 23.6 Å². The number of ether oxygens (including phenoxy) is 1. The molecule has 156 valence electrons. The van der Waals surface area contributed by atoms with Crippen LogP contribution in [0.4, 0.5) is 5.69 Å². The molecule has 1 heterocycles. The monoisotopic (exact) mass is 423 g/mol. The maximum absolute atomic E-state index is 13.5. The Morgan fingerprint density at radius 2 is 1.83 bits per heavy atom. The normalized spacial score (nSPS) is 21.0. The predicted molar refractivity (Wildman–Crippen MR) is 119 cm³/mol. The van der Waals surface area contributed by atoms with E-state index in [1.165, 1.54) is 0 Å². The Hall–Kier alpha value is -2.59. The molecule has 2 aromatic carbocycles. The first kappa shape index (κ1) is 20.7. The van der Waals surface area contributed by atoms with E-state index in [4.69, 9.17) is 16.3 Å². The number of rotatable bonds is 3. The average molecular weight is 424 g/mol. The van der Waals surface area contributed by atoms with E-state index in [1.54, 1.807) is 12.0 Å². The minimum atomic E-state index is -0.303. The van der Waals surface area contributed by atoms with Crippen LogP contribution in [0.1, 0.15) is 50.2 Å². The van der Waals surface area contributed by atoms with Gasteiger partial charge in [0, 0.05) is 40.6 Å². The number of allylic oxidation sites excluding steroid dienone is 2. The maximum atomic E-state index is 13.5. The van der Waals surface area contributed by atoms with Crippen LogP contribution >= 0.6 is 11.6 Å². The standard InChI is InChI=1S/C25H26ClNO3/c1-15-9-10-16(26)11-19(15)27-20-13-25(2,3)14-21(28)24(20)18(12-23(27)29)17-7-5-6-8-22(17)30-4/h5-11,18H,12-14H2,1-4H3. The average Bonchev–Trinajstić information content (AvgIpc) is 2.68. The number of nitrogens with zero attached hydrogens (tertiary/aromatic N) is 1. The molecule has 0 aromatic heterocycles. The SMILES string of the molecule is COc1ccccc1C1CC(=O)N(c2cc(Cl)ccc2C)C2=C1C(=O)CC(C)(C)C2. The summed E-state index contributed by atoms with van der Waals surface area (Å²) < 4.78 is 5.56. The number of anilines is 1. The summed E-state index contributed by atoms with van der Waals surface area (Å²) in [5.74, 6) is 0.477. The van der Waals surface area contributed by atoms with Crippen molar-refractivity contribution in [1.82, 2.24) is 0 Å². The topological polar surface area (TPSA) is 46.6 Å². The summed E-state index contributed by atoms with van der Waals surface area (Å²) >= 11 is 6.27. The van der Waals surface area contributed by atoms with Crippen molar-refractivity contribution in [2.75, 3.05) is 12.0 Å². The Balaban J connectivity index is 1.95. The lowest BCUT2D eigenvalue weighted by molar-refractivity contribution is -0.121. The Bertz CT molecular complexity index is 1070. The molecule has 0 saturated carbocycles. The number of hydrogen-bond donors (Lipinski definition) is 0. The molecular weight excluding hydrogens is 398 g/mol. The molecule has 1 aliphatic heterocycles. The zero-order valence-corrected chi connectivity index (χ0v) is 18.5. The third kappa shape index (κ3) is 3.54. The van der Waals surface area contributed by atoms with Crippen LogP contribution in [0.25, 0.3) is 0 Å². The molecule has 4 nitrogen and oxygen atoms in total. The van der Waals surface area contributed by atoms with Crippen molar-refractivity contribution in [3.05, 3.63) is 69.9 Å². The number of carbonyl (C=O) groups excluding carboxylic acids is 2. The van der Waals surface area contributed by atoms with E-state index in [0.717, 1.165) is 28.1 Å². The van der Waals surface area contributed by atoms with E-state index >= 15 is 0 Å². The van der Waals surface area contributed by atoms with Crippen molar-refractivity contribution in [3.8, 4) is 5.75 Å². The molecule has 1 unspecified atom stereocenters. The highest BCUT2D eigenvalue weighted by atomic mass is 35.5. The second-order valence-electron chi connectivity index (χ2n) is 8.96. The van der Waals surface area contributed by atoms with Gasteiger partial charge in [0.05, 0.1) is 12.8 Å². The van der Waals surface area contributed by atoms with Crippen molar-refractivity contribution in [2.45, 2.75) is 46.0 Å². The number of amides is 1. The van der Waals surface area contributed by atoms with Crippen LogP contribution in [-0.4, -0.2) is 18.8 Å². The van der Waals surface area contributed by atoms with Gasteiger partial charge in [0.2, 0.25) is 5.91 Å². The molecule has 0 fully saturated rings. The van der Waals surface area contributed by atoms with E-state index in [1.807, 2.05) is 49.4 Å². The van der Waals surface area contributed by atoms with Crippen molar-refractivity contribution in [3.63, 3.8) is 0 Å². The molecule has 0 spiro atoms. The predicted octanol–water partition coefficient (Wildman–Crippen LogP) is 5.82. The summed E-state index contributed by atoms with van der Waals surface area (Å²) in [6.45, 7) is 6.12. The maximum Gasteiger partial charge on any atom is 0.232 e. The number of para-hydroxylation sites is 1. The van der Waals surface area contributed by atoms with Crippen LogP contribution in [0.3, 0.4) is 0 Å². The van der Waals surface area contributed by atoms with Crippen molar-refractivity contribution < 1.29 is 14.3 Å². The third-order valence-corrected chi connectivity index (χ3v) is 6.30. The summed E-state index contributed by atoms with van der Waals surface area (Å²) in [4.78, 5) is 28.6. The minimum absolute atomic E-state index is 0.0273. The third-order valence-electron chi connectivity index (χ3n) is 6.07. The number of benzene rings is 2. The van der Waals surface area contributed by atoms with E-state index in [-0.39, 0.29) is 29.4 Å². The van der Waals surface area contributed by atoms with Gasteiger partial charge in [-0.15, -0.1) is 0 Å². The molecule has 2 aliphatic rings. The number of Topliss-reactive ketones (excluding diaryl/α,β-unsaturated/α-hetero) is 1. The fourth-order valence-electron chi connectivity index (χ4n) is 4.74. The summed E-state index contributed by atoms with van der Waals surface area (Å²) in [6.07, 6.45) is 1.34. The first-order chi connectivity index (χ1) is 14.2. The molecule has 1 aliphatic carbocycles. The highest BCUT2D eigenvalue weighted by Crippen LogP contribution is 2.49. The van der Waals surface area contributed by atoms with E-state index < -0.39 is 0 Å². The number of ketones is 1. The molecule has 0 N–H and O–H groups in total. The Kier molecular flexibility index (Phi) is 5.23. The minimum Gasteiger partial charge on any atom is -0.496 e. The molecule has 0 saturated heterocycles. The summed E-state index contributed by atoms with van der Waals surface area (Å²) in [6, 6.07) is 13.2. The van der Waals surface area contributed by atoms with Crippen molar-refractivity contribution in [2.24, 2.45) is 5.41 Å². The quantitative estimate of drug-likeness (QED) is 0.624. The molecule has 30 heavy (non-hydrogen) atoms. The van der Waals surface area contributed by atoms with Gasteiger partial charge in [0.1, 0.15) is 5.75 Å². The zero-order valence-electron chi connectivity index (χ0n) is 17.8. The molecule has 2 aromatic rings. The molecule has 1 amide bonds. The lowest BCUT2D eigenvalue weighted by Gasteiger charge is -2.43. The van der Waals surface area contributed by atoms with Crippen LogP contribution in [0, 0.1) is 12.3 Å². The van der Waals surface area contributed by atoms with E-state index in [2.05, 4.69) is 13.8 Å². The Labute approximate surface area is 182 Å². The highest BCUT2D eigenvalue weighted by Gasteiger charge is 2.45. The smallest absolute Gasteiger partial charge is 0.232 e. The number of halogens is 1. The van der Waals surface area contributed by atoms with Crippen molar-refractivity contribution in [1.29, 1.82) is 0 Å². The number of carbonyl (C=O) groups is 2. The molecular formula is C25H26ClNO3.